The molecule has 0 aliphatic heterocycles. The molecule has 1 aromatic carbocycles. The molecule has 3 N–H and O–H groups in total. The molecule has 0 aromatic heterocycles. The number of benzene rings is 1. The van der Waals surface area contributed by atoms with Gasteiger partial charge in [-0.05, 0) is 36.7 Å². The fourth-order valence-electron chi connectivity index (χ4n) is 2.85. The number of rotatable bonds is 4. The Morgan fingerprint density at radius 3 is 2.62 bits per heavy atom. The summed E-state index contributed by atoms with van der Waals surface area (Å²) < 4.78 is 0. The monoisotopic (exact) mass is 218 g/mol. The zero-order valence-corrected chi connectivity index (χ0v) is 10.0. The smallest absolute Gasteiger partial charge is 0.0279 e. The lowest BCUT2D eigenvalue weighted by Gasteiger charge is -2.22. The van der Waals surface area contributed by atoms with E-state index in [4.69, 9.17) is 5.84 Å². The molecule has 0 spiro atoms. The van der Waals surface area contributed by atoms with E-state index in [0.29, 0.717) is 6.04 Å². The first-order valence-electron chi connectivity index (χ1n) is 6.29. The third-order valence-corrected chi connectivity index (χ3v) is 3.82. The molecular weight excluding hydrogens is 196 g/mol. The second-order valence-corrected chi connectivity index (χ2v) is 5.14. The molecule has 2 heteroatoms. The van der Waals surface area contributed by atoms with Crippen molar-refractivity contribution in [2.45, 2.75) is 38.6 Å². The molecule has 2 rings (SSSR count). The number of nitrogens with two attached hydrogens (primary N) is 1. The van der Waals surface area contributed by atoms with Gasteiger partial charge in [-0.3, -0.25) is 11.3 Å². The molecule has 1 aliphatic carbocycles. The van der Waals surface area contributed by atoms with Crippen LogP contribution in [0.2, 0.25) is 0 Å². The summed E-state index contributed by atoms with van der Waals surface area (Å²) in [4.78, 5) is 0. The van der Waals surface area contributed by atoms with E-state index in [1.165, 1.54) is 24.8 Å². The van der Waals surface area contributed by atoms with Gasteiger partial charge in [0.1, 0.15) is 0 Å². The van der Waals surface area contributed by atoms with Gasteiger partial charge in [0.2, 0.25) is 0 Å². The average molecular weight is 218 g/mol. The molecule has 16 heavy (non-hydrogen) atoms. The zero-order valence-electron chi connectivity index (χ0n) is 10.0. The van der Waals surface area contributed by atoms with Crippen molar-refractivity contribution in [3.05, 3.63) is 35.9 Å². The summed E-state index contributed by atoms with van der Waals surface area (Å²) in [6, 6.07) is 11.1. The standard InChI is InChI=1S/C14H22N2/c1-11-7-8-13(9-11)14(16-15)10-12-5-3-2-4-6-12/h2-6,11,13-14,16H,7-10,15H2,1H3. The largest absolute Gasteiger partial charge is 0.271 e. The van der Waals surface area contributed by atoms with Crippen LogP contribution in [0.1, 0.15) is 31.7 Å². The van der Waals surface area contributed by atoms with Crippen molar-refractivity contribution in [3.63, 3.8) is 0 Å². The van der Waals surface area contributed by atoms with Crippen LogP contribution in [0.25, 0.3) is 0 Å². The van der Waals surface area contributed by atoms with Crippen LogP contribution in [0.5, 0.6) is 0 Å². The molecule has 1 saturated carbocycles. The molecule has 2 nitrogen and oxygen atoms in total. The zero-order chi connectivity index (χ0) is 11.4. The van der Waals surface area contributed by atoms with E-state index < -0.39 is 0 Å². The van der Waals surface area contributed by atoms with Crippen LogP contribution in [0.15, 0.2) is 30.3 Å². The van der Waals surface area contributed by atoms with Crippen molar-refractivity contribution in [1.82, 2.24) is 5.43 Å². The van der Waals surface area contributed by atoms with E-state index in [1.807, 2.05) is 0 Å². The van der Waals surface area contributed by atoms with E-state index in [0.717, 1.165) is 18.3 Å². The van der Waals surface area contributed by atoms with Gasteiger partial charge in [0.25, 0.3) is 0 Å². The van der Waals surface area contributed by atoms with Gasteiger partial charge in [0.05, 0.1) is 0 Å². The van der Waals surface area contributed by atoms with Crippen molar-refractivity contribution < 1.29 is 0 Å². The lowest BCUT2D eigenvalue weighted by Crippen LogP contribution is -2.41. The first kappa shape index (κ1) is 11.6. The van der Waals surface area contributed by atoms with Crippen molar-refractivity contribution in [1.29, 1.82) is 0 Å². The fraction of sp³-hybridized carbons (Fsp3) is 0.571. The van der Waals surface area contributed by atoms with Gasteiger partial charge < -0.3 is 0 Å². The van der Waals surface area contributed by atoms with Gasteiger partial charge in [0, 0.05) is 6.04 Å². The Morgan fingerprint density at radius 1 is 1.31 bits per heavy atom. The van der Waals surface area contributed by atoms with Crippen LogP contribution in [0.4, 0.5) is 0 Å². The summed E-state index contributed by atoms with van der Waals surface area (Å²) >= 11 is 0. The molecule has 0 heterocycles. The minimum Gasteiger partial charge on any atom is -0.271 e. The molecular formula is C14H22N2. The lowest BCUT2D eigenvalue weighted by atomic mass is 9.92. The molecule has 3 atom stereocenters. The quantitative estimate of drug-likeness (QED) is 0.602. The van der Waals surface area contributed by atoms with Crippen LogP contribution in [0.3, 0.4) is 0 Å². The highest BCUT2D eigenvalue weighted by molar-refractivity contribution is 5.16. The molecule has 88 valence electrons. The van der Waals surface area contributed by atoms with E-state index >= 15 is 0 Å². The second-order valence-electron chi connectivity index (χ2n) is 5.14. The number of nitrogens with one attached hydrogen (secondary N) is 1. The molecule has 0 amide bonds. The lowest BCUT2D eigenvalue weighted by molar-refractivity contribution is 0.353. The minimum atomic E-state index is 0.437. The van der Waals surface area contributed by atoms with Crippen LogP contribution >= 0.6 is 0 Å². The number of hydrogen-bond donors (Lipinski definition) is 2. The van der Waals surface area contributed by atoms with Crippen LogP contribution < -0.4 is 11.3 Å². The summed E-state index contributed by atoms with van der Waals surface area (Å²) in [6.45, 7) is 2.34. The molecule has 0 radical (unpaired) electrons. The van der Waals surface area contributed by atoms with Crippen LogP contribution in [-0.2, 0) is 6.42 Å². The molecule has 0 saturated heterocycles. The van der Waals surface area contributed by atoms with Crippen molar-refractivity contribution in [2.75, 3.05) is 0 Å². The van der Waals surface area contributed by atoms with Gasteiger partial charge >= 0.3 is 0 Å². The number of hydrogen-bond acceptors (Lipinski definition) is 2. The highest BCUT2D eigenvalue weighted by Crippen LogP contribution is 2.33. The number of hydrazine groups is 1. The summed E-state index contributed by atoms with van der Waals surface area (Å²) in [6.07, 6.45) is 5.05. The average Bonchev–Trinajstić information content (AvgIpc) is 2.74. The Kier molecular flexibility index (Phi) is 3.97. The third-order valence-electron chi connectivity index (χ3n) is 3.82. The predicted molar refractivity (Wildman–Crippen MR) is 67.8 cm³/mol. The molecule has 0 bridgehead atoms. The van der Waals surface area contributed by atoms with E-state index in [2.05, 4.69) is 42.7 Å². The van der Waals surface area contributed by atoms with Gasteiger partial charge in [0.15, 0.2) is 0 Å². The van der Waals surface area contributed by atoms with Crippen molar-refractivity contribution in [2.24, 2.45) is 17.7 Å². The maximum atomic E-state index is 5.70. The van der Waals surface area contributed by atoms with Gasteiger partial charge in [-0.25, -0.2) is 0 Å². The van der Waals surface area contributed by atoms with Crippen molar-refractivity contribution in [3.8, 4) is 0 Å². The fourth-order valence-corrected chi connectivity index (χ4v) is 2.85. The Balaban J connectivity index is 1.96. The van der Waals surface area contributed by atoms with Crippen LogP contribution in [0, 0.1) is 11.8 Å². The highest BCUT2D eigenvalue weighted by atomic mass is 15.2. The summed E-state index contributed by atoms with van der Waals surface area (Å²) in [5.74, 6) is 7.32. The maximum Gasteiger partial charge on any atom is 0.0279 e. The first-order valence-corrected chi connectivity index (χ1v) is 6.29. The summed E-state index contributed by atoms with van der Waals surface area (Å²) in [7, 11) is 0. The topological polar surface area (TPSA) is 38.0 Å². The third kappa shape index (κ3) is 2.83. The summed E-state index contributed by atoms with van der Waals surface area (Å²) in [5.41, 5.74) is 4.39. The normalized spacial score (nSPS) is 26.9. The first-order chi connectivity index (χ1) is 7.79. The summed E-state index contributed by atoms with van der Waals surface area (Å²) in [5, 5.41) is 0. The second kappa shape index (κ2) is 5.46. The predicted octanol–water partition coefficient (Wildman–Crippen LogP) is 2.50. The van der Waals surface area contributed by atoms with Crippen LogP contribution in [-0.4, -0.2) is 6.04 Å². The Hall–Kier alpha value is -0.860. The molecule has 1 fully saturated rings. The highest BCUT2D eigenvalue weighted by Gasteiger charge is 2.28. The maximum absolute atomic E-state index is 5.70. The van der Waals surface area contributed by atoms with E-state index in [-0.39, 0.29) is 0 Å². The van der Waals surface area contributed by atoms with Gasteiger partial charge in [-0.2, -0.15) is 0 Å². The molecule has 3 unspecified atom stereocenters. The Labute approximate surface area is 98.2 Å². The van der Waals surface area contributed by atoms with E-state index in [9.17, 15) is 0 Å². The minimum absolute atomic E-state index is 0.437. The Morgan fingerprint density at radius 2 is 2.06 bits per heavy atom. The Bertz CT molecular complexity index is 310. The van der Waals surface area contributed by atoms with E-state index in [1.54, 1.807) is 0 Å². The molecule has 1 aromatic rings. The molecule has 1 aliphatic rings. The van der Waals surface area contributed by atoms with Crippen molar-refractivity contribution >= 4 is 0 Å². The van der Waals surface area contributed by atoms with Gasteiger partial charge in [-0.1, -0.05) is 43.7 Å². The van der Waals surface area contributed by atoms with Gasteiger partial charge in [-0.15, -0.1) is 0 Å². The SMILES string of the molecule is CC1CCC(C(Cc2ccccc2)NN)C1.